The van der Waals surface area contributed by atoms with E-state index in [1.54, 1.807) is 0 Å². The van der Waals surface area contributed by atoms with Gasteiger partial charge < -0.3 is 34.8 Å². The second-order valence-corrected chi connectivity index (χ2v) is 15.4. The topological polar surface area (TPSA) is 290 Å². The summed E-state index contributed by atoms with van der Waals surface area (Å²) in [6, 6.07) is 4.30. The van der Waals surface area contributed by atoms with Crippen molar-refractivity contribution < 1.29 is 69.9 Å². The Labute approximate surface area is 279 Å². The van der Waals surface area contributed by atoms with Gasteiger partial charge in [0, 0.05) is 32.0 Å². The van der Waals surface area contributed by atoms with Crippen LogP contribution in [0.15, 0.2) is 40.7 Å². The van der Waals surface area contributed by atoms with E-state index in [0.29, 0.717) is 19.3 Å². The summed E-state index contributed by atoms with van der Waals surface area (Å²) in [5, 5.41) is 22.4. The fraction of sp³-hybridized carbons (Fsp3) is 0.520. The third kappa shape index (κ3) is 10.7. The number of methoxy groups -OCH3 is 1. The zero-order valence-corrected chi connectivity index (χ0v) is 29.6. The van der Waals surface area contributed by atoms with Gasteiger partial charge in [0.25, 0.3) is 5.69 Å². The van der Waals surface area contributed by atoms with Gasteiger partial charge in [0.05, 0.1) is 36.7 Å². The molecule has 24 heteroatoms. The average molecular weight is 759 g/mol. The monoisotopic (exact) mass is 758 g/mol. The van der Waals surface area contributed by atoms with Crippen molar-refractivity contribution in [2.45, 2.75) is 52.0 Å². The lowest BCUT2D eigenvalue weighted by molar-refractivity contribution is -0.386. The van der Waals surface area contributed by atoms with Gasteiger partial charge in [-0.15, -0.1) is 0 Å². The molecule has 2 heterocycles. The van der Waals surface area contributed by atoms with Gasteiger partial charge in [-0.1, -0.05) is 20.3 Å². The lowest BCUT2D eigenvalue weighted by Crippen LogP contribution is -2.29. The molecule has 1 aromatic heterocycles. The minimum atomic E-state index is -5.57. The SMILES string of the molecule is CCCC(C)[C@H](OCc1cn([C@H]2CC(O)=C(COP(=O)(OC)OP(=O)(O)OP(=O)(O)OC)O2)c(=O)nc1N)c1cc(OC)ccc1[N+](=O)[O-]. The fourth-order valence-corrected chi connectivity index (χ4v) is 8.16. The molecule has 49 heavy (non-hydrogen) atoms. The van der Waals surface area contributed by atoms with Gasteiger partial charge in [-0.05, 0) is 24.5 Å². The molecule has 0 spiro atoms. The van der Waals surface area contributed by atoms with Gasteiger partial charge in [0.15, 0.2) is 12.0 Å². The highest BCUT2D eigenvalue weighted by Gasteiger charge is 2.43. The molecular formula is C25H37N4O17P3. The number of rotatable bonds is 19. The maximum atomic E-state index is 12.8. The third-order valence-corrected chi connectivity index (χ3v) is 11.6. The first kappa shape index (κ1) is 40.2. The molecule has 0 amide bonds. The van der Waals surface area contributed by atoms with Crippen LogP contribution in [-0.4, -0.2) is 57.3 Å². The minimum absolute atomic E-state index is 0.179. The van der Waals surface area contributed by atoms with E-state index in [-0.39, 0.29) is 41.6 Å². The Morgan fingerprint density at radius 1 is 1.14 bits per heavy atom. The fourth-order valence-electron chi connectivity index (χ4n) is 4.62. The Morgan fingerprint density at radius 2 is 1.84 bits per heavy atom. The number of ether oxygens (including phenoxy) is 3. The minimum Gasteiger partial charge on any atom is -0.508 e. The van der Waals surface area contributed by atoms with E-state index in [2.05, 4.69) is 22.7 Å². The van der Waals surface area contributed by atoms with Gasteiger partial charge in [-0.2, -0.15) is 13.6 Å². The molecule has 274 valence electrons. The molecule has 1 aliphatic rings. The predicted octanol–water partition coefficient (Wildman–Crippen LogP) is 4.78. The molecule has 2 aromatic rings. The Hall–Kier alpha value is -3.19. The first-order valence-corrected chi connectivity index (χ1v) is 18.7. The quantitative estimate of drug-likeness (QED) is 0.0851. The number of hydrogen-bond acceptors (Lipinski definition) is 17. The van der Waals surface area contributed by atoms with Crippen molar-refractivity contribution in [1.29, 1.82) is 0 Å². The Balaban J connectivity index is 1.80. The number of phosphoric acid groups is 3. The lowest BCUT2D eigenvalue weighted by atomic mass is 9.92. The number of anilines is 1. The zero-order chi connectivity index (χ0) is 36.7. The number of nitro groups is 1. The molecule has 1 aliphatic heterocycles. The second kappa shape index (κ2) is 16.7. The van der Waals surface area contributed by atoms with Crippen LogP contribution in [0.2, 0.25) is 0 Å². The van der Waals surface area contributed by atoms with Crippen LogP contribution in [0.5, 0.6) is 5.75 Å². The van der Waals surface area contributed by atoms with E-state index in [1.807, 2.05) is 13.8 Å². The Bertz CT molecular complexity index is 1750. The molecule has 6 atom stereocenters. The molecular weight excluding hydrogens is 721 g/mol. The molecule has 0 bridgehead atoms. The molecule has 4 unspecified atom stereocenters. The summed E-state index contributed by atoms with van der Waals surface area (Å²) < 4.78 is 76.0. The number of nitrogens with two attached hydrogens (primary N) is 1. The van der Waals surface area contributed by atoms with Gasteiger partial charge in [-0.3, -0.25) is 28.3 Å². The van der Waals surface area contributed by atoms with Crippen molar-refractivity contribution in [1.82, 2.24) is 9.55 Å². The van der Waals surface area contributed by atoms with E-state index >= 15 is 0 Å². The summed E-state index contributed by atoms with van der Waals surface area (Å²) >= 11 is 0. The number of benzene rings is 1. The van der Waals surface area contributed by atoms with Crippen molar-refractivity contribution in [2.24, 2.45) is 5.92 Å². The molecule has 0 saturated heterocycles. The van der Waals surface area contributed by atoms with Gasteiger partial charge >= 0.3 is 29.2 Å². The van der Waals surface area contributed by atoms with Crippen LogP contribution >= 0.6 is 23.5 Å². The summed E-state index contributed by atoms with van der Waals surface area (Å²) in [6.45, 7) is 2.66. The third-order valence-electron chi connectivity index (χ3n) is 6.97. The van der Waals surface area contributed by atoms with Gasteiger partial charge in [0.1, 0.15) is 23.9 Å². The number of nitro benzene ring substituents is 1. The van der Waals surface area contributed by atoms with Crippen molar-refractivity contribution in [2.75, 3.05) is 33.7 Å². The van der Waals surface area contributed by atoms with Crippen molar-refractivity contribution in [3.05, 3.63) is 67.6 Å². The van der Waals surface area contributed by atoms with Gasteiger partial charge in [-0.25, -0.2) is 18.5 Å². The highest BCUT2D eigenvalue weighted by atomic mass is 31.3. The van der Waals surface area contributed by atoms with Crippen LogP contribution in [0, 0.1) is 16.0 Å². The largest absolute Gasteiger partial charge is 0.508 e. The first-order chi connectivity index (χ1) is 22.9. The first-order valence-electron chi connectivity index (χ1n) is 14.2. The van der Waals surface area contributed by atoms with Crippen LogP contribution < -0.4 is 16.2 Å². The van der Waals surface area contributed by atoms with E-state index in [9.17, 15) is 43.5 Å². The second-order valence-electron chi connectivity index (χ2n) is 10.4. The summed E-state index contributed by atoms with van der Waals surface area (Å²) in [4.78, 5) is 46.9. The zero-order valence-electron chi connectivity index (χ0n) is 26.9. The number of aliphatic hydroxyl groups excluding tert-OH is 1. The van der Waals surface area contributed by atoms with Crippen LogP contribution in [0.3, 0.4) is 0 Å². The van der Waals surface area contributed by atoms with E-state index < -0.39 is 64.5 Å². The lowest BCUT2D eigenvalue weighted by Gasteiger charge is -2.25. The molecule has 0 radical (unpaired) electrons. The highest BCUT2D eigenvalue weighted by molar-refractivity contribution is 7.67. The summed E-state index contributed by atoms with van der Waals surface area (Å²) in [5.74, 6) is -0.909. The summed E-state index contributed by atoms with van der Waals surface area (Å²) in [6.07, 6.45) is 0.287. The summed E-state index contributed by atoms with van der Waals surface area (Å²) in [7, 11) is -12.8. The number of nitrogen functional groups attached to an aromatic ring is 1. The van der Waals surface area contributed by atoms with E-state index in [1.165, 1.54) is 31.5 Å². The highest BCUT2D eigenvalue weighted by Crippen LogP contribution is 2.69. The Morgan fingerprint density at radius 3 is 2.43 bits per heavy atom. The molecule has 0 saturated carbocycles. The maximum Gasteiger partial charge on any atom is 0.490 e. The van der Waals surface area contributed by atoms with Crippen LogP contribution in [-0.2, 0) is 52.0 Å². The molecule has 0 aliphatic carbocycles. The molecule has 5 N–H and O–H groups in total. The average Bonchev–Trinajstić information content (AvgIpc) is 3.39. The number of phosphoric ester groups is 2. The Kier molecular flexibility index (Phi) is 13.7. The molecule has 3 rings (SSSR count). The number of hydrogen-bond donors (Lipinski definition) is 4. The molecule has 0 fully saturated rings. The van der Waals surface area contributed by atoms with Gasteiger partial charge in [0.2, 0.25) is 0 Å². The number of nitrogens with zero attached hydrogens (tertiary/aromatic N) is 3. The van der Waals surface area contributed by atoms with Crippen LogP contribution in [0.4, 0.5) is 11.5 Å². The molecule has 21 nitrogen and oxygen atoms in total. The normalized spacial score (nSPS) is 19.7. The van der Waals surface area contributed by atoms with Crippen LogP contribution in [0.1, 0.15) is 56.6 Å². The summed E-state index contributed by atoms with van der Waals surface area (Å²) in [5.41, 5.74) is 5.42. The maximum absolute atomic E-state index is 12.8. The molecule has 1 aromatic carbocycles. The van der Waals surface area contributed by atoms with Crippen molar-refractivity contribution >= 4 is 35.0 Å². The predicted molar refractivity (Wildman–Crippen MR) is 168 cm³/mol. The number of aromatic nitrogens is 2. The van der Waals surface area contributed by atoms with Crippen LogP contribution in [0.25, 0.3) is 0 Å². The standard InChI is InChI=1S/C25H37N4O17P3/c1-6-7-15(2)23(18-10-17(39-3)8-9-19(18)29(32)33)42-13-16-12-28(25(31)27-24(16)26)22-11-20(30)21(44-22)14-43-49(38,41-5)46-48(36,37)45-47(34,35)40-4/h8-10,12,15,22-23,30H,6-7,11,13-14H2,1-5H3,(H,34,35)(H,36,37)(H2,26,27,31)/t15?,22-,23+,49?/m1/s1. The van der Waals surface area contributed by atoms with Crippen molar-refractivity contribution in [3.8, 4) is 5.75 Å². The smallest absolute Gasteiger partial charge is 0.490 e. The van der Waals surface area contributed by atoms with E-state index in [4.69, 9.17) is 24.5 Å². The van der Waals surface area contributed by atoms with E-state index in [0.717, 1.165) is 18.1 Å². The number of aliphatic hydroxyl groups is 1. The van der Waals surface area contributed by atoms with Crippen molar-refractivity contribution in [3.63, 3.8) is 0 Å².